The molecule has 0 saturated carbocycles. The lowest BCUT2D eigenvalue weighted by atomic mass is 10.2. The van der Waals surface area contributed by atoms with Gasteiger partial charge in [0.15, 0.2) is 11.5 Å². The Labute approximate surface area is 196 Å². The van der Waals surface area contributed by atoms with Crippen LogP contribution in [-0.2, 0) is 6.42 Å². The number of hydrogen-bond acceptors (Lipinski definition) is 5. The Kier molecular flexibility index (Phi) is 7.55. The number of aryl methyl sites for hydroxylation is 1. The second kappa shape index (κ2) is 9.94. The molecule has 0 aliphatic rings. The van der Waals surface area contributed by atoms with Crippen molar-refractivity contribution in [3.63, 3.8) is 0 Å². The van der Waals surface area contributed by atoms with Crippen LogP contribution in [0.4, 0.5) is 0 Å². The Bertz CT molecular complexity index is 1180. The van der Waals surface area contributed by atoms with Crippen molar-refractivity contribution in [3.05, 3.63) is 60.0 Å². The summed E-state index contributed by atoms with van der Waals surface area (Å²) in [5.41, 5.74) is 1.06. The Morgan fingerprint density at radius 2 is 2.00 bits per heavy atom. The Morgan fingerprint density at radius 1 is 1.23 bits per heavy atom. The van der Waals surface area contributed by atoms with E-state index in [2.05, 4.69) is 48.9 Å². The average Bonchev–Trinajstić information content (AvgIpc) is 2.74. The SMILES string of the molecule is CCCCc1nc2ccc(Br)cc2c(=O)n1N=Cc1cc(OC)c(OC)c(Cl)c1Br. The van der Waals surface area contributed by atoms with Crippen LogP contribution >= 0.6 is 43.5 Å². The number of rotatable bonds is 7. The zero-order valence-corrected chi connectivity index (χ0v) is 20.6. The minimum Gasteiger partial charge on any atom is -0.493 e. The number of aromatic nitrogens is 2. The molecular weight excluding hydrogens is 538 g/mol. The van der Waals surface area contributed by atoms with Gasteiger partial charge in [0.05, 0.1) is 31.3 Å². The largest absolute Gasteiger partial charge is 0.493 e. The molecule has 6 nitrogen and oxygen atoms in total. The van der Waals surface area contributed by atoms with Gasteiger partial charge in [0.1, 0.15) is 10.8 Å². The maximum Gasteiger partial charge on any atom is 0.282 e. The first-order valence-electron chi connectivity index (χ1n) is 9.26. The van der Waals surface area contributed by atoms with Gasteiger partial charge in [0, 0.05) is 20.9 Å². The summed E-state index contributed by atoms with van der Waals surface area (Å²) in [5, 5.41) is 5.31. The first-order valence-corrected chi connectivity index (χ1v) is 11.2. The number of fused-ring (bicyclic) bond motifs is 1. The summed E-state index contributed by atoms with van der Waals surface area (Å²) >= 11 is 13.3. The molecule has 0 saturated heterocycles. The number of hydrogen-bond donors (Lipinski definition) is 0. The van der Waals surface area contributed by atoms with Crippen molar-refractivity contribution in [1.29, 1.82) is 0 Å². The average molecular weight is 558 g/mol. The number of halogens is 3. The fraction of sp³-hybridized carbons (Fsp3) is 0.286. The zero-order valence-electron chi connectivity index (χ0n) is 16.7. The molecule has 2 aromatic carbocycles. The maximum atomic E-state index is 13.2. The van der Waals surface area contributed by atoms with Gasteiger partial charge >= 0.3 is 0 Å². The molecule has 30 heavy (non-hydrogen) atoms. The van der Waals surface area contributed by atoms with Gasteiger partial charge < -0.3 is 9.47 Å². The zero-order chi connectivity index (χ0) is 21.8. The van der Waals surface area contributed by atoms with E-state index >= 15 is 0 Å². The maximum absolute atomic E-state index is 13.2. The summed E-state index contributed by atoms with van der Waals surface area (Å²) < 4.78 is 13.4. The second-order valence-corrected chi connectivity index (χ2v) is 8.57. The Balaban J connectivity index is 2.17. The van der Waals surface area contributed by atoms with E-state index < -0.39 is 0 Å². The van der Waals surface area contributed by atoms with Crippen molar-refractivity contribution < 1.29 is 9.47 Å². The van der Waals surface area contributed by atoms with Gasteiger partial charge in [-0.05, 0) is 46.6 Å². The van der Waals surface area contributed by atoms with Crippen LogP contribution in [0.3, 0.4) is 0 Å². The van der Waals surface area contributed by atoms with Crippen molar-refractivity contribution in [3.8, 4) is 11.5 Å². The van der Waals surface area contributed by atoms with Crippen LogP contribution in [0.2, 0.25) is 5.02 Å². The molecule has 0 bridgehead atoms. The molecule has 3 aromatic rings. The molecule has 0 aliphatic heterocycles. The minimum absolute atomic E-state index is 0.230. The van der Waals surface area contributed by atoms with E-state index in [0.29, 0.717) is 49.7 Å². The van der Waals surface area contributed by atoms with Crippen LogP contribution in [0, 0.1) is 0 Å². The molecule has 0 aliphatic carbocycles. The van der Waals surface area contributed by atoms with Crippen LogP contribution in [0.5, 0.6) is 11.5 Å². The molecule has 0 atom stereocenters. The fourth-order valence-electron chi connectivity index (χ4n) is 2.97. The number of unbranched alkanes of at least 4 members (excludes halogenated alkanes) is 1. The number of ether oxygens (including phenoxy) is 2. The summed E-state index contributed by atoms with van der Waals surface area (Å²) in [6, 6.07) is 7.19. The molecular formula is C21H20Br2ClN3O3. The van der Waals surface area contributed by atoms with Crippen molar-refractivity contribution >= 4 is 60.6 Å². The molecule has 0 amide bonds. The topological polar surface area (TPSA) is 65.7 Å². The second-order valence-electron chi connectivity index (χ2n) is 6.48. The van der Waals surface area contributed by atoms with Crippen LogP contribution in [0.1, 0.15) is 31.2 Å². The molecule has 1 heterocycles. The third-order valence-corrected chi connectivity index (χ3v) is 6.46. The van der Waals surface area contributed by atoms with Gasteiger partial charge in [-0.1, -0.05) is 40.9 Å². The van der Waals surface area contributed by atoms with E-state index in [4.69, 9.17) is 21.1 Å². The molecule has 0 unspecified atom stereocenters. The van der Waals surface area contributed by atoms with E-state index in [1.165, 1.54) is 18.9 Å². The van der Waals surface area contributed by atoms with Gasteiger partial charge in [-0.3, -0.25) is 4.79 Å². The third kappa shape index (κ3) is 4.55. The lowest BCUT2D eigenvalue weighted by Crippen LogP contribution is -2.22. The Hall–Kier alpha value is -1.90. The van der Waals surface area contributed by atoms with Crippen molar-refractivity contribution in [2.45, 2.75) is 26.2 Å². The minimum atomic E-state index is -0.230. The molecule has 0 fully saturated rings. The standard InChI is InChI=1S/C21H20Br2ClN3O3/c1-4-5-6-17-26-15-8-7-13(22)10-14(15)21(28)27(17)25-11-12-9-16(29-2)20(30-3)19(24)18(12)23/h7-11H,4-6H2,1-3H3. The highest BCUT2D eigenvalue weighted by Gasteiger charge is 2.16. The van der Waals surface area contributed by atoms with Crippen molar-refractivity contribution in [2.75, 3.05) is 14.2 Å². The highest BCUT2D eigenvalue weighted by atomic mass is 79.9. The number of methoxy groups -OCH3 is 2. The summed E-state index contributed by atoms with van der Waals surface area (Å²) in [7, 11) is 3.05. The van der Waals surface area contributed by atoms with E-state index in [1.807, 2.05) is 12.1 Å². The molecule has 0 N–H and O–H groups in total. The highest BCUT2D eigenvalue weighted by Crippen LogP contribution is 2.41. The van der Waals surface area contributed by atoms with Crippen LogP contribution in [0.15, 0.2) is 43.1 Å². The lowest BCUT2D eigenvalue weighted by Gasteiger charge is -2.13. The van der Waals surface area contributed by atoms with Gasteiger partial charge in [-0.25, -0.2) is 4.98 Å². The first-order chi connectivity index (χ1) is 14.4. The normalized spacial score (nSPS) is 11.4. The monoisotopic (exact) mass is 555 g/mol. The summed E-state index contributed by atoms with van der Waals surface area (Å²) in [4.78, 5) is 17.8. The first kappa shape index (κ1) is 22.8. The third-order valence-electron chi connectivity index (χ3n) is 4.52. The van der Waals surface area contributed by atoms with E-state index in [0.717, 1.165) is 17.3 Å². The summed E-state index contributed by atoms with van der Waals surface area (Å²) in [6.45, 7) is 2.09. The fourth-order valence-corrected chi connectivity index (χ4v) is 4.01. The van der Waals surface area contributed by atoms with Crippen molar-refractivity contribution in [1.82, 2.24) is 9.66 Å². The molecule has 0 spiro atoms. The van der Waals surface area contributed by atoms with Gasteiger partial charge in [-0.15, -0.1) is 0 Å². The lowest BCUT2D eigenvalue weighted by molar-refractivity contribution is 0.355. The molecule has 158 valence electrons. The smallest absolute Gasteiger partial charge is 0.282 e. The van der Waals surface area contributed by atoms with E-state index in [1.54, 1.807) is 18.3 Å². The quantitative estimate of drug-likeness (QED) is 0.344. The Morgan fingerprint density at radius 3 is 2.67 bits per heavy atom. The molecule has 1 aromatic heterocycles. The number of benzene rings is 2. The van der Waals surface area contributed by atoms with Gasteiger partial charge in [0.2, 0.25) is 0 Å². The predicted molar refractivity (Wildman–Crippen MR) is 128 cm³/mol. The van der Waals surface area contributed by atoms with E-state index in [-0.39, 0.29) is 5.56 Å². The van der Waals surface area contributed by atoms with Crippen LogP contribution in [0.25, 0.3) is 10.9 Å². The van der Waals surface area contributed by atoms with Crippen molar-refractivity contribution in [2.24, 2.45) is 5.10 Å². The van der Waals surface area contributed by atoms with E-state index in [9.17, 15) is 4.79 Å². The molecule has 3 rings (SSSR count). The molecule has 9 heteroatoms. The van der Waals surface area contributed by atoms with Gasteiger partial charge in [0.25, 0.3) is 5.56 Å². The summed E-state index contributed by atoms with van der Waals surface area (Å²) in [6.07, 6.45) is 4.08. The highest BCUT2D eigenvalue weighted by molar-refractivity contribution is 9.10. The number of nitrogens with zero attached hydrogens (tertiary/aromatic N) is 3. The van der Waals surface area contributed by atoms with Crippen LogP contribution < -0.4 is 15.0 Å². The van der Waals surface area contributed by atoms with Gasteiger partial charge in [-0.2, -0.15) is 9.78 Å². The predicted octanol–water partition coefficient (Wildman–Crippen LogP) is 5.82. The molecule has 0 radical (unpaired) electrons. The summed E-state index contributed by atoms with van der Waals surface area (Å²) in [5.74, 6) is 1.49. The van der Waals surface area contributed by atoms with Crippen LogP contribution in [-0.4, -0.2) is 30.1 Å².